The first kappa shape index (κ1) is 20.8. The van der Waals surface area contributed by atoms with Gasteiger partial charge in [0, 0.05) is 32.2 Å². The Morgan fingerprint density at radius 3 is 2.77 bits per heavy atom. The largest absolute Gasteiger partial charge is 0.607 e. The predicted octanol–water partition coefficient (Wildman–Crippen LogP) is 2.58. The van der Waals surface area contributed by atoms with Gasteiger partial charge in [0.1, 0.15) is 0 Å². The highest BCUT2D eigenvalue weighted by atomic mass is 32.2. The first-order valence-electron chi connectivity index (χ1n) is 9.59. The lowest BCUT2D eigenvalue weighted by atomic mass is 9.97. The van der Waals surface area contributed by atoms with Crippen molar-refractivity contribution in [3.05, 3.63) is 42.2 Å². The number of carbonyl (C=O) groups excluding carboxylic acids is 1. The average Bonchev–Trinajstić information content (AvgIpc) is 3.15. The van der Waals surface area contributed by atoms with Gasteiger partial charge in [-0.05, 0) is 31.0 Å². The van der Waals surface area contributed by atoms with Crippen LogP contribution >= 0.6 is 0 Å². The number of hydrogen-bond acceptors (Lipinski definition) is 6. The second kappa shape index (κ2) is 8.32. The summed E-state index contributed by atoms with van der Waals surface area (Å²) < 4.78 is 43.2. The van der Waals surface area contributed by atoms with Crippen molar-refractivity contribution in [1.82, 2.24) is 20.5 Å². The van der Waals surface area contributed by atoms with Crippen LogP contribution in [0.1, 0.15) is 18.4 Å². The number of aromatic nitrogens is 2. The molecule has 3 heterocycles. The third-order valence-corrected chi connectivity index (χ3v) is 7.11. The SMILES string of the molecule is CN1NCc2c1cccc2[S+]([O-])C(F)(F)C1CCN(C(=O)Nc2ccnnc2)CC1. The summed E-state index contributed by atoms with van der Waals surface area (Å²) in [6, 6.07) is 6.19. The van der Waals surface area contributed by atoms with Gasteiger partial charge in [-0.15, -0.1) is 0 Å². The first-order valence-corrected chi connectivity index (χ1v) is 10.7. The lowest BCUT2D eigenvalue weighted by Gasteiger charge is -2.35. The van der Waals surface area contributed by atoms with E-state index >= 15 is 8.78 Å². The molecule has 0 bridgehead atoms. The van der Waals surface area contributed by atoms with E-state index in [0.717, 1.165) is 5.69 Å². The zero-order valence-corrected chi connectivity index (χ0v) is 17.2. The molecule has 2 N–H and O–H groups in total. The molecule has 2 aromatic rings. The summed E-state index contributed by atoms with van der Waals surface area (Å²) in [5.74, 6) is -1.06. The van der Waals surface area contributed by atoms with E-state index in [1.165, 1.54) is 23.4 Å². The van der Waals surface area contributed by atoms with E-state index in [0.29, 0.717) is 17.8 Å². The molecule has 0 radical (unpaired) electrons. The van der Waals surface area contributed by atoms with Gasteiger partial charge in [-0.2, -0.15) is 19.0 Å². The molecule has 11 heteroatoms. The summed E-state index contributed by atoms with van der Waals surface area (Å²) >= 11 is -2.48. The molecule has 1 unspecified atom stereocenters. The van der Waals surface area contributed by atoms with Gasteiger partial charge < -0.3 is 19.8 Å². The standard InChI is InChI=1S/C19H22F2N6O2S/c1-26-16-3-2-4-17(15(16)12-24-26)30(29)19(20,21)13-6-9-27(10-7-13)18(28)25-14-5-8-22-23-11-14/h2-5,8,11,13,24H,6-7,9-10,12H2,1H3,(H,22,25,28). The highest BCUT2D eigenvalue weighted by Gasteiger charge is 2.54. The van der Waals surface area contributed by atoms with Gasteiger partial charge in [0.25, 0.3) is 0 Å². The van der Waals surface area contributed by atoms with Gasteiger partial charge in [0.15, 0.2) is 4.90 Å². The van der Waals surface area contributed by atoms with Crippen LogP contribution in [-0.4, -0.2) is 51.1 Å². The van der Waals surface area contributed by atoms with Gasteiger partial charge in [-0.3, -0.25) is 0 Å². The van der Waals surface area contributed by atoms with Crippen LogP contribution in [0.25, 0.3) is 0 Å². The Labute approximate surface area is 175 Å². The molecular weight excluding hydrogens is 414 g/mol. The Morgan fingerprint density at radius 2 is 2.07 bits per heavy atom. The number of nitrogens with zero attached hydrogens (tertiary/aromatic N) is 4. The number of halogens is 2. The highest BCUT2D eigenvalue weighted by Crippen LogP contribution is 2.43. The summed E-state index contributed by atoms with van der Waals surface area (Å²) in [4.78, 5) is 14.0. The van der Waals surface area contributed by atoms with E-state index in [1.807, 2.05) is 6.07 Å². The Kier molecular flexibility index (Phi) is 5.76. The minimum atomic E-state index is -3.38. The van der Waals surface area contributed by atoms with Crippen molar-refractivity contribution in [2.45, 2.75) is 29.5 Å². The number of piperidine rings is 1. The number of likely N-dealkylation sites (tertiary alicyclic amines) is 1. The third-order valence-electron chi connectivity index (χ3n) is 5.50. The molecule has 1 fully saturated rings. The molecule has 1 atom stereocenters. The maximum Gasteiger partial charge on any atom is 0.414 e. The molecule has 2 aliphatic heterocycles. The van der Waals surface area contributed by atoms with Gasteiger partial charge in [-0.25, -0.2) is 10.2 Å². The van der Waals surface area contributed by atoms with Crippen LogP contribution in [-0.2, 0) is 17.7 Å². The van der Waals surface area contributed by atoms with Gasteiger partial charge >= 0.3 is 11.3 Å². The molecule has 8 nitrogen and oxygen atoms in total. The molecule has 0 saturated carbocycles. The number of benzene rings is 1. The molecule has 1 aromatic heterocycles. The van der Waals surface area contributed by atoms with E-state index < -0.39 is 22.3 Å². The van der Waals surface area contributed by atoms with E-state index in [4.69, 9.17) is 0 Å². The summed E-state index contributed by atoms with van der Waals surface area (Å²) in [7, 11) is 1.79. The summed E-state index contributed by atoms with van der Waals surface area (Å²) in [5.41, 5.74) is 4.93. The lowest BCUT2D eigenvalue weighted by molar-refractivity contribution is 0.000412. The summed E-state index contributed by atoms with van der Waals surface area (Å²) in [6.07, 6.45) is 3.01. The molecule has 1 aromatic carbocycles. The molecular formula is C19H22F2N6O2S. The van der Waals surface area contributed by atoms with Crippen LogP contribution in [0.4, 0.5) is 25.0 Å². The fraction of sp³-hybridized carbons (Fsp3) is 0.421. The number of anilines is 2. The smallest absolute Gasteiger partial charge is 0.414 e. The summed E-state index contributed by atoms with van der Waals surface area (Å²) in [6.45, 7) is 0.699. The number of carbonyl (C=O) groups is 1. The maximum atomic E-state index is 15.2. The lowest BCUT2D eigenvalue weighted by Crippen LogP contribution is -2.47. The van der Waals surface area contributed by atoms with E-state index in [-0.39, 0.29) is 36.9 Å². The minimum Gasteiger partial charge on any atom is -0.607 e. The zero-order valence-electron chi connectivity index (χ0n) is 16.3. The normalized spacial score (nSPS) is 18.3. The number of alkyl halides is 2. The van der Waals surface area contributed by atoms with Crippen molar-refractivity contribution in [3.8, 4) is 0 Å². The molecule has 2 amide bonds. The number of fused-ring (bicyclic) bond motifs is 1. The third kappa shape index (κ3) is 3.92. The predicted molar refractivity (Wildman–Crippen MR) is 108 cm³/mol. The van der Waals surface area contributed by atoms with Crippen LogP contribution in [0.15, 0.2) is 41.6 Å². The molecule has 0 aliphatic carbocycles. The quantitative estimate of drug-likeness (QED) is 0.716. The zero-order chi connectivity index (χ0) is 21.3. The van der Waals surface area contributed by atoms with Crippen molar-refractivity contribution in [1.29, 1.82) is 0 Å². The number of rotatable bonds is 4. The Bertz CT molecular complexity index is 911. The number of nitrogens with one attached hydrogen (secondary N) is 2. The molecule has 4 rings (SSSR count). The van der Waals surface area contributed by atoms with Gasteiger partial charge in [0.05, 0.1) is 40.9 Å². The first-order chi connectivity index (χ1) is 14.4. The Hall–Kier alpha value is -2.50. The molecule has 1 saturated heterocycles. The van der Waals surface area contributed by atoms with Crippen LogP contribution in [0.3, 0.4) is 0 Å². The number of hydrogen-bond donors (Lipinski definition) is 2. The minimum absolute atomic E-state index is 0.0773. The molecule has 0 spiro atoms. The fourth-order valence-electron chi connectivity index (χ4n) is 3.79. The van der Waals surface area contributed by atoms with Crippen LogP contribution in [0, 0.1) is 5.92 Å². The summed E-state index contributed by atoms with van der Waals surface area (Å²) in [5, 5.41) is 8.35. The molecule has 2 aliphatic rings. The Balaban J connectivity index is 1.41. The second-order valence-electron chi connectivity index (χ2n) is 7.30. The van der Waals surface area contributed by atoms with Gasteiger partial charge in [0.2, 0.25) is 0 Å². The monoisotopic (exact) mass is 436 g/mol. The number of amides is 2. The van der Waals surface area contributed by atoms with Crippen molar-refractivity contribution in [2.75, 3.05) is 30.5 Å². The maximum absolute atomic E-state index is 15.2. The van der Waals surface area contributed by atoms with Crippen LogP contribution in [0.2, 0.25) is 0 Å². The van der Waals surface area contributed by atoms with Crippen molar-refractivity contribution in [3.63, 3.8) is 0 Å². The Morgan fingerprint density at radius 1 is 1.30 bits per heavy atom. The molecule has 30 heavy (non-hydrogen) atoms. The molecule has 160 valence electrons. The van der Waals surface area contributed by atoms with Crippen LogP contribution < -0.4 is 15.8 Å². The second-order valence-corrected chi connectivity index (χ2v) is 8.82. The van der Waals surface area contributed by atoms with E-state index in [9.17, 15) is 9.35 Å². The van der Waals surface area contributed by atoms with E-state index in [2.05, 4.69) is 20.9 Å². The van der Waals surface area contributed by atoms with Crippen molar-refractivity contribution >= 4 is 28.6 Å². The average molecular weight is 436 g/mol. The van der Waals surface area contributed by atoms with Crippen molar-refractivity contribution < 1.29 is 18.1 Å². The van der Waals surface area contributed by atoms with Crippen molar-refractivity contribution in [2.24, 2.45) is 5.92 Å². The highest BCUT2D eigenvalue weighted by molar-refractivity contribution is 7.92. The topological polar surface area (TPSA) is 96.5 Å². The van der Waals surface area contributed by atoms with Gasteiger partial charge in [-0.1, -0.05) is 6.07 Å². The van der Waals surface area contributed by atoms with Crippen LogP contribution in [0.5, 0.6) is 0 Å². The number of hydrazine groups is 1. The number of urea groups is 1. The van der Waals surface area contributed by atoms with E-state index in [1.54, 1.807) is 24.2 Å². The fourth-order valence-corrected chi connectivity index (χ4v) is 5.22.